The third-order valence-corrected chi connectivity index (χ3v) is 2.35. The fourth-order valence-corrected chi connectivity index (χ4v) is 1.69. The summed E-state index contributed by atoms with van der Waals surface area (Å²) < 4.78 is 0. The van der Waals surface area contributed by atoms with Gasteiger partial charge in [0.05, 0.1) is 15.8 Å². The van der Waals surface area contributed by atoms with E-state index in [1.54, 1.807) is 6.92 Å². The molecule has 2 N–H and O–H groups in total. The molecular formula is C10H8N2O4. The summed E-state index contributed by atoms with van der Waals surface area (Å²) in [6.45, 7) is 1.59. The van der Waals surface area contributed by atoms with Gasteiger partial charge in [-0.25, -0.2) is 0 Å². The smallest absolute Gasteiger partial charge is 0.279 e. The Hall–Kier alpha value is -2.37. The molecule has 1 aromatic carbocycles. The van der Waals surface area contributed by atoms with Crippen LogP contribution in [-0.2, 0) is 0 Å². The van der Waals surface area contributed by atoms with Crippen LogP contribution in [0.4, 0.5) is 5.69 Å². The number of aromatic nitrogens is 1. The molecule has 0 aliphatic carbocycles. The van der Waals surface area contributed by atoms with E-state index in [9.17, 15) is 20.0 Å². The maximum Gasteiger partial charge on any atom is 0.279 e. The van der Waals surface area contributed by atoms with E-state index in [1.165, 1.54) is 18.2 Å². The summed E-state index contributed by atoms with van der Waals surface area (Å²) in [7, 11) is 0. The van der Waals surface area contributed by atoms with Gasteiger partial charge in [0.1, 0.15) is 5.75 Å². The van der Waals surface area contributed by atoms with E-state index in [4.69, 9.17) is 0 Å². The van der Waals surface area contributed by atoms with Crippen LogP contribution in [0.5, 0.6) is 5.75 Å². The van der Waals surface area contributed by atoms with Crippen LogP contribution in [0.25, 0.3) is 10.9 Å². The summed E-state index contributed by atoms with van der Waals surface area (Å²) in [5.74, 6) is -0.179. The number of aromatic hydroxyl groups is 1. The number of pyridine rings is 1. The summed E-state index contributed by atoms with van der Waals surface area (Å²) in [6.07, 6.45) is 0. The third kappa shape index (κ3) is 1.40. The van der Waals surface area contributed by atoms with E-state index in [-0.39, 0.29) is 22.3 Å². The highest BCUT2D eigenvalue weighted by atomic mass is 16.6. The molecule has 0 saturated carbocycles. The van der Waals surface area contributed by atoms with Crippen molar-refractivity contribution in [2.75, 3.05) is 0 Å². The fraction of sp³-hybridized carbons (Fsp3) is 0.100. The molecule has 16 heavy (non-hydrogen) atoms. The van der Waals surface area contributed by atoms with E-state index >= 15 is 0 Å². The number of aromatic amines is 1. The Morgan fingerprint density at radius 3 is 2.75 bits per heavy atom. The lowest BCUT2D eigenvalue weighted by Crippen LogP contribution is -2.06. The predicted octanol–water partition coefficient (Wildman–Crippen LogP) is 1.45. The van der Waals surface area contributed by atoms with Gasteiger partial charge in [-0.05, 0) is 18.6 Å². The molecule has 0 aliphatic rings. The maximum absolute atomic E-state index is 11.2. The zero-order valence-corrected chi connectivity index (χ0v) is 8.35. The zero-order chi connectivity index (χ0) is 11.9. The van der Waals surface area contributed by atoms with Crippen LogP contribution in [0.3, 0.4) is 0 Å². The highest BCUT2D eigenvalue weighted by molar-refractivity contribution is 5.94. The lowest BCUT2D eigenvalue weighted by atomic mass is 10.1. The largest absolute Gasteiger partial charge is 0.506 e. The van der Waals surface area contributed by atoms with Crippen molar-refractivity contribution >= 4 is 16.6 Å². The van der Waals surface area contributed by atoms with Gasteiger partial charge in [-0.1, -0.05) is 0 Å². The molecule has 0 atom stereocenters. The Kier molecular flexibility index (Phi) is 2.12. The lowest BCUT2D eigenvalue weighted by molar-refractivity contribution is -0.383. The average molecular weight is 220 g/mol. The van der Waals surface area contributed by atoms with Crippen molar-refractivity contribution in [3.63, 3.8) is 0 Å². The SMILES string of the molecule is Cc1cc(=O)[nH]c2c(O)ccc([N+](=O)[O-])c12. The fourth-order valence-electron chi connectivity index (χ4n) is 1.69. The van der Waals surface area contributed by atoms with Crippen molar-refractivity contribution in [1.29, 1.82) is 0 Å². The van der Waals surface area contributed by atoms with E-state index in [1.807, 2.05) is 0 Å². The van der Waals surface area contributed by atoms with Crippen molar-refractivity contribution in [2.45, 2.75) is 6.92 Å². The number of fused-ring (bicyclic) bond motifs is 1. The Morgan fingerprint density at radius 1 is 1.44 bits per heavy atom. The Balaban J connectivity index is 3.04. The number of nitro groups is 1. The van der Waals surface area contributed by atoms with Gasteiger partial charge in [0.15, 0.2) is 0 Å². The third-order valence-electron chi connectivity index (χ3n) is 2.35. The second kappa shape index (κ2) is 3.34. The van der Waals surface area contributed by atoms with Gasteiger partial charge in [0.2, 0.25) is 5.56 Å². The van der Waals surface area contributed by atoms with Crippen LogP contribution in [0.15, 0.2) is 23.0 Å². The molecule has 1 aromatic heterocycles. The Labute approximate surface area is 89.3 Å². The monoisotopic (exact) mass is 220 g/mol. The summed E-state index contributed by atoms with van der Waals surface area (Å²) in [5.41, 5.74) is 0.0166. The van der Waals surface area contributed by atoms with E-state index in [0.29, 0.717) is 5.56 Å². The molecule has 2 aromatic rings. The molecule has 1 heterocycles. The van der Waals surface area contributed by atoms with Gasteiger partial charge in [0.25, 0.3) is 5.69 Å². The van der Waals surface area contributed by atoms with Crippen molar-refractivity contribution < 1.29 is 10.0 Å². The first-order valence-electron chi connectivity index (χ1n) is 4.50. The minimum atomic E-state index is -0.549. The van der Waals surface area contributed by atoms with Gasteiger partial charge < -0.3 is 10.1 Å². The van der Waals surface area contributed by atoms with Crippen molar-refractivity contribution in [2.24, 2.45) is 0 Å². The minimum absolute atomic E-state index is 0.0965. The molecule has 6 nitrogen and oxygen atoms in total. The molecule has 0 amide bonds. The molecule has 82 valence electrons. The number of nitrogens with zero attached hydrogens (tertiary/aromatic N) is 1. The summed E-state index contributed by atoms with van der Waals surface area (Å²) in [5, 5.41) is 20.6. The molecule has 0 aliphatic heterocycles. The zero-order valence-electron chi connectivity index (χ0n) is 8.35. The number of phenolic OH excluding ortho intramolecular Hbond substituents is 1. The molecule has 0 saturated heterocycles. The topological polar surface area (TPSA) is 96.2 Å². The number of H-pyrrole nitrogens is 1. The van der Waals surface area contributed by atoms with Crippen LogP contribution in [0.2, 0.25) is 0 Å². The predicted molar refractivity (Wildman–Crippen MR) is 57.6 cm³/mol. The normalized spacial score (nSPS) is 10.6. The quantitative estimate of drug-likeness (QED) is 0.561. The number of hydrogen-bond donors (Lipinski definition) is 2. The van der Waals surface area contributed by atoms with Crippen molar-refractivity contribution in [3.05, 3.63) is 44.2 Å². The standard InChI is InChI=1S/C10H8N2O4/c1-5-4-8(14)11-10-7(13)3-2-6(9(5)10)12(15)16/h2-4,13H,1H3,(H,11,14). The molecule has 0 unspecified atom stereocenters. The number of phenols is 1. The van der Waals surface area contributed by atoms with Crippen LogP contribution in [0.1, 0.15) is 5.56 Å². The number of benzene rings is 1. The van der Waals surface area contributed by atoms with Crippen LogP contribution >= 0.6 is 0 Å². The van der Waals surface area contributed by atoms with Crippen LogP contribution < -0.4 is 5.56 Å². The van der Waals surface area contributed by atoms with Crippen molar-refractivity contribution in [3.8, 4) is 5.75 Å². The molecule has 0 radical (unpaired) electrons. The van der Waals surface area contributed by atoms with Gasteiger partial charge in [-0.2, -0.15) is 0 Å². The highest BCUT2D eigenvalue weighted by Gasteiger charge is 2.16. The number of hydrogen-bond acceptors (Lipinski definition) is 4. The van der Waals surface area contributed by atoms with E-state index in [0.717, 1.165) is 0 Å². The molecular weight excluding hydrogens is 212 g/mol. The molecule has 6 heteroatoms. The molecule has 0 spiro atoms. The number of non-ortho nitro benzene ring substituents is 1. The Morgan fingerprint density at radius 2 is 2.12 bits per heavy atom. The lowest BCUT2D eigenvalue weighted by Gasteiger charge is -2.04. The first-order chi connectivity index (χ1) is 7.50. The van der Waals surface area contributed by atoms with E-state index < -0.39 is 10.5 Å². The maximum atomic E-state index is 11.2. The first kappa shape index (κ1) is 10.2. The number of rotatable bonds is 1. The van der Waals surface area contributed by atoms with Gasteiger partial charge in [-0.15, -0.1) is 0 Å². The molecule has 2 rings (SSSR count). The summed E-state index contributed by atoms with van der Waals surface area (Å²) in [4.78, 5) is 23.8. The number of nitrogens with one attached hydrogen (secondary N) is 1. The average Bonchev–Trinajstić information content (AvgIpc) is 2.19. The summed E-state index contributed by atoms with van der Waals surface area (Å²) >= 11 is 0. The van der Waals surface area contributed by atoms with Gasteiger partial charge in [-0.3, -0.25) is 14.9 Å². The first-order valence-corrected chi connectivity index (χ1v) is 4.50. The van der Waals surface area contributed by atoms with Gasteiger partial charge >= 0.3 is 0 Å². The number of aryl methyl sites for hydroxylation is 1. The van der Waals surface area contributed by atoms with Crippen LogP contribution in [-0.4, -0.2) is 15.0 Å². The summed E-state index contributed by atoms with van der Waals surface area (Å²) in [6, 6.07) is 3.66. The molecule has 0 fully saturated rings. The second-order valence-electron chi connectivity index (χ2n) is 3.43. The van der Waals surface area contributed by atoms with Crippen LogP contribution in [0, 0.1) is 17.0 Å². The molecule has 0 bridgehead atoms. The highest BCUT2D eigenvalue weighted by Crippen LogP contribution is 2.31. The van der Waals surface area contributed by atoms with E-state index in [2.05, 4.69) is 4.98 Å². The number of nitro benzene ring substituents is 1. The minimum Gasteiger partial charge on any atom is -0.506 e. The van der Waals surface area contributed by atoms with Crippen molar-refractivity contribution in [1.82, 2.24) is 4.98 Å². The van der Waals surface area contributed by atoms with Gasteiger partial charge in [0, 0.05) is 12.1 Å². The second-order valence-corrected chi connectivity index (χ2v) is 3.43. The Bertz CT molecular complexity index is 645.